The van der Waals surface area contributed by atoms with E-state index in [1.54, 1.807) is 7.11 Å². The molecule has 4 aromatic rings. The zero-order valence-corrected chi connectivity index (χ0v) is 15.5. The number of hydrogen-bond acceptors (Lipinski definition) is 5. The van der Waals surface area contributed by atoms with Crippen molar-refractivity contribution in [3.05, 3.63) is 78.9 Å². The Hall–Kier alpha value is -3.31. The molecule has 27 heavy (non-hydrogen) atoms. The predicted molar refractivity (Wildman–Crippen MR) is 113 cm³/mol. The molecular formula is C21H19ClN4O. The summed E-state index contributed by atoms with van der Waals surface area (Å²) in [6.07, 6.45) is 0. The van der Waals surface area contributed by atoms with E-state index in [-0.39, 0.29) is 12.4 Å². The molecule has 0 spiro atoms. The maximum absolute atomic E-state index is 5.19. The van der Waals surface area contributed by atoms with Crippen LogP contribution in [0.3, 0.4) is 0 Å². The molecule has 2 N–H and O–H groups in total. The highest BCUT2D eigenvalue weighted by Gasteiger charge is 2.08. The van der Waals surface area contributed by atoms with Crippen molar-refractivity contribution in [2.24, 2.45) is 0 Å². The summed E-state index contributed by atoms with van der Waals surface area (Å²) < 4.78 is 5.19. The first-order chi connectivity index (χ1) is 12.8. The molecule has 0 aliphatic rings. The number of methoxy groups -OCH3 is 1. The Morgan fingerprint density at radius 3 is 2.11 bits per heavy atom. The van der Waals surface area contributed by atoms with Gasteiger partial charge in [0.2, 0.25) is 5.95 Å². The lowest BCUT2D eigenvalue weighted by molar-refractivity contribution is 0.415. The minimum atomic E-state index is 0. The second kappa shape index (κ2) is 8.38. The normalized spacial score (nSPS) is 10.1. The molecule has 4 rings (SSSR count). The first-order valence-corrected chi connectivity index (χ1v) is 8.32. The fourth-order valence-electron chi connectivity index (χ4n) is 2.69. The summed E-state index contributed by atoms with van der Waals surface area (Å²) in [5.74, 6) is 2.10. The van der Waals surface area contributed by atoms with Gasteiger partial charge in [-0.2, -0.15) is 4.98 Å². The van der Waals surface area contributed by atoms with Crippen molar-refractivity contribution in [3.63, 3.8) is 0 Å². The van der Waals surface area contributed by atoms with Gasteiger partial charge in [0.15, 0.2) is 0 Å². The van der Waals surface area contributed by atoms with Crippen LogP contribution in [0.4, 0.5) is 23.1 Å². The van der Waals surface area contributed by atoms with Crippen LogP contribution in [0, 0.1) is 0 Å². The van der Waals surface area contributed by atoms with E-state index in [0.717, 1.165) is 33.8 Å². The Bertz CT molecular complexity index is 1020. The Kier molecular flexibility index (Phi) is 5.74. The largest absolute Gasteiger partial charge is 0.497 e. The van der Waals surface area contributed by atoms with Crippen molar-refractivity contribution < 1.29 is 4.74 Å². The quantitative estimate of drug-likeness (QED) is 0.477. The number of para-hydroxylation sites is 2. The maximum Gasteiger partial charge on any atom is 0.229 e. The lowest BCUT2D eigenvalue weighted by Crippen LogP contribution is -2.02. The van der Waals surface area contributed by atoms with Gasteiger partial charge in [0.25, 0.3) is 0 Å². The smallest absolute Gasteiger partial charge is 0.229 e. The highest BCUT2D eigenvalue weighted by Crippen LogP contribution is 2.26. The van der Waals surface area contributed by atoms with Crippen LogP contribution in [-0.2, 0) is 0 Å². The summed E-state index contributed by atoms with van der Waals surface area (Å²) >= 11 is 0. The van der Waals surface area contributed by atoms with Crippen LogP contribution in [0.15, 0.2) is 78.9 Å². The molecule has 0 atom stereocenters. The van der Waals surface area contributed by atoms with E-state index in [4.69, 9.17) is 4.74 Å². The number of nitrogens with zero attached hydrogens (tertiary/aromatic N) is 2. The van der Waals surface area contributed by atoms with E-state index >= 15 is 0 Å². The van der Waals surface area contributed by atoms with Gasteiger partial charge < -0.3 is 15.4 Å². The first kappa shape index (κ1) is 18.5. The minimum absolute atomic E-state index is 0. The van der Waals surface area contributed by atoms with Crippen LogP contribution in [0.5, 0.6) is 5.75 Å². The van der Waals surface area contributed by atoms with E-state index in [2.05, 4.69) is 20.6 Å². The monoisotopic (exact) mass is 378 g/mol. The molecule has 5 nitrogen and oxygen atoms in total. The van der Waals surface area contributed by atoms with Crippen molar-refractivity contribution in [2.75, 3.05) is 17.7 Å². The number of rotatable bonds is 5. The lowest BCUT2D eigenvalue weighted by atomic mass is 10.2. The van der Waals surface area contributed by atoms with Crippen LogP contribution < -0.4 is 15.4 Å². The zero-order valence-electron chi connectivity index (χ0n) is 14.7. The summed E-state index contributed by atoms with van der Waals surface area (Å²) in [4.78, 5) is 9.29. The van der Waals surface area contributed by atoms with Crippen LogP contribution >= 0.6 is 12.4 Å². The third kappa shape index (κ3) is 4.27. The molecule has 6 heteroatoms. The number of aromatic nitrogens is 2. The van der Waals surface area contributed by atoms with Crippen molar-refractivity contribution in [3.8, 4) is 5.75 Å². The average Bonchev–Trinajstić information content (AvgIpc) is 2.69. The van der Waals surface area contributed by atoms with Crippen LogP contribution in [-0.4, -0.2) is 17.1 Å². The molecule has 0 aliphatic carbocycles. The highest BCUT2D eigenvalue weighted by atomic mass is 35.5. The molecule has 136 valence electrons. The topological polar surface area (TPSA) is 59.1 Å². The summed E-state index contributed by atoms with van der Waals surface area (Å²) in [5.41, 5.74) is 2.75. The van der Waals surface area contributed by atoms with E-state index < -0.39 is 0 Å². The summed E-state index contributed by atoms with van der Waals surface area (Å²) in [5, 5.41) is 7.61. The predicted octanol–water partition coefficient (Wildman–Crippen LogP) is 5.55. The molecule has 0 fully saturated rings. The highest BCUT2D eigenvalue weighted by molar-refractivity contribution is 5.92. The molecule has 0 amide bonds. The number of anilines is 4. The van der Waals surface area contributed by atoms with Gasteiger partial charge in [-0.3, -0.25) is 0 Å². The Balaban J connectivity index is 0.00000210. The van der Waals surface area contributed by atoms with Crippen LogP contribution in [0.2, 0.25) is 0 Å². The summed E-state index contributed by atoms with van der Waals surface area (Å²) in [7, 11) is 1.65. The van der Waals surface area contributed by atoms with Crippen LogP contribution in [0.1, 0.15) is 0 Å². The van der Waals surface area contributed by atoms with Gasteiger partial charge in [-0.25, -0.2) is 4.98 Å². The fraction of sp³-hybridized carbons (Fsp3) is 0.0476. The first-order valence-electron chi connectivity index (χ1n) is 8.32. The van der Waals surface area contributed by atoms with Gasteiger partial charge in [0, 0.05) is 16.8 Å². The molecular weight excluding hydrogens is 360 g/mol. The van der Waals surface area contributed by atoms with Crippen molar-refractivity contribution in [2.45, 2.75) is 0 Å². The number of nitrogens with one attached hydrogen (secondary N) is 2. The Morgan fingerprint density at radius 1 is 0.704 bits per heavy atom. The Morgan fingerprint density at radius 2 is 1.37 bits per heavy atom. The van der Waals surface area contributed by atoms with Gasteiger partial charge in [-0.1, -0.05) is 30.3 Å². The van der Waals surface area contributed by atoms with Crippen molar-refractivity contribution in [1.82, 2.24) is 9.97 Å². The number of ether oxygens (including phenoxy) is 1. The zero-order chi connectivity index (χ0) is 17.8. The van der Waals surface area contributed by atoms with Gasteiger partial charge in [-0.15, -0.1) is 12.4 Å². The minimum Gasteiger partial charge on any atom is -0.497 e. The van der Waals surface area contributed by atoms with E-state index in [9.17, 15) is 0 Å². The Labute approximate surface area is 163 Å². The van der Waals surface area contributed by atoms with E-state index in [1.807, 2.05) is 78.9 Å². The molecule has 0 bridgehead atoms. The SMILES string of the molecule is COc1ccc(Nc2nc(Nc3ccccc3)c3ccccc3n2)cc1.Cl. The average molecular weight is 379 g/mol. The number of fused-ring (bicyclic) bond motifs is 1. The van der Waals surface area contributed by atoms with E-state index in [0.29, 0.717) is 5.95 Å². The molecule has 0 radical (unpaired) electrons. The van der Waals surface area contributed by atoms with E-state index in [1.165, 1.54) is 0 Å². The maximum atomic E-state index is 5.19. The number of halogens is 1. The summed E-state index contributed by atoms with van der Waals surface area (Å²) in [6.45, 7) is 0. The third-order valence-electron chi connectivity index (χ3n) is 3.99. The number of hydrogen-bond donors (Lipinski definition) is 2. The van der Waals surface area contributed by atoms with Gasteiger partial charge >= 0.3 is 0 Å². The molecule has 0 aliphatic heterocycles. The second-order valence-corrected chi connectivity index (χ2v) is 5.76. The lowest BCUT2D eigenvalue weighted by Gasteiger charge is -2.12. The second-order valence-electron chi connectivity index (χ2n) is 5.76. The number of benzene rings is 3. The van der Waals surface area contributed by atoms with Crippen LogP contribution in [0.25, 0.3) is 10.9 Å². The standard InChI is InChI=1S/C21H18N4O.ClH/c1-26-17-13-11-16(12-14-17)23-21-24-19-10-6-5-9-18(19)20(25-21)22-15-7-3-2-4-8-15;/h2-14H,1H3,(H2,22,23,24,25);1H. The third-order valence-corrected chi connectivity index (χ3v) is 3.99. The summed E-state index contributed by atoms with van der Waals surface area (Å²) in [6, 6.07) is 25.6. The molecule has 0 saturated carbocycles. The molecule has 3 aromatic carbocycles. The molecule has 0 unspecified atom stereocenters. The molecule has 1 aromatic heterocycles. The molecule has 1 heterocycles. The molecule has 0 saturated heterocycles. The van der Waals surface area contributed by atoms with Gasteiger partial charge in [0.1, 0.15) is 11.6 Å². The van der Waals surface area contributed by atoms with Gasteiger partial charge in [0.05, 0.1) is 12.6 Å². The fourth-order valence-corrected chi connectivity index (χ4v) is 2.69. The van der Waals surface area contributed by atoms with Crippen molar-refractivity contribution in [1.29, 1.82) is 0 Å². The van der Waals surface area contributed by atoms with Gasteiger partial charge in [-0.05, 0) is 48.5 Å². The van der Waals surface area contributed by atoms with Crippen molar-refractivity contribution >= 4 is 46.5 Å².